The van der Waals surface area contributed by atoms with Crippen LogP contribution in [0.1, 0.15) is 5.56 Å². The number of aromatic amines is 1. The average Bonchev–Trinajstić information content (AvgIpc) is 2.77. The molecule has 0 aliphatic rings. The molecule has 0 unspecified atom stereocenters. The lowest BCUT2D eigenvalue weighted by atomic mass is 10.3. The van der Waals surface area contributed by atoms with Gasteiger partial charge in [0.05, 0.1) is 17.3 Å². The molecule has 0 radical (unpaired) electrons. The van der Waals surface area contributed by atoms with E-state index in [2.05, 4.69) is 9.97 Å². The minimum absolute atomic E-state index is 0.109. The second-order valence-corrected chi connectivity index (χ2v) is 5.26. The van der Waals surface area contributed by atoms with Gasteiger partial charge in [0.1, 0.15) is 4.83 Å². The quantitative estimate of drug-likeness (QED) is 0.695. The molecule has 0 atom stereocenters. The average molecular weight is 275 g/mol. The molecule has 3 heterocycles. The molecule has 0 saturated carbocycles. The maximum Gasteiger partial charge on any atom is 0.267 e. The van der Waals surface area contributed by atoms with Crippen molar-refractivity contribution in [1.82, 2.24) is 14.5 Å². The summed E-state index contributed by atoms with van der Waals surface area (Å²) in [5.74, 6) is 0. The van der Waals surface area contributed by atoms with Gasteiger partial charge in [0.25, 0.3) is 5.56 Å². The summed E-state index contributed by atoms with van der Waals surface area (Å²) in [6, 6.07) is 3.68. The fourth-order valence-electron chi connectivity index (χ4n) is 1.84. The van der Waals surface area contributed by atoms with Gasteiger partial charge in [-0.2, -0.15) is 0 Å². The number of nitrogens with one attached hydrogen (secondary N) is 1. The molecule has 0 saturated heterocycles. The predicted octanol–water partition coefficient (Wildman–Crippen LogP) is 2.81. The molecule has 3 aromatic rings. The first-order valence-electron chi connectivity index (χ1n) is 5.31. The van der Waals surface area contributed by atoms with Gasteiger partial charge in [-0.1, -0.05) is 0 Å². The zero-order chi connectivity index (χ0) is 12.7. The minimum atomic E-state index is -0.109. The fraction of sp³-hybridized carbons (Fsp3) is 0.0833. The summed E-state index contributed by atoms with van der Waals surface area (Å²) in [6.45, 7) is 1.93. The first-order chi connectivity index (χ1) is 8.66. The van der Waals surface area contributed by atoms with Crippen molar-refractivity contribution >= 4 is 33.8 Å². The largest absolute Gasteiger partial charge is 0.323 e. The third-order valence-electron chi connectivity index (χ3n) is 2.64. The maximum absolute atomic E-state index is 12.4. The second-order valence-electron chi connectivity index (χ2n) is 3.95. The molecule has 0 aliphatic carbocycles. The van der Waals surface area contributed by atoms with Crippen LogP contribution in [-0.2, 0) is 0 Å². The smallest absolute Gasteiger partial charge is 0.267 e. The van der Waals surface area contributed by atoms with Crippen LogP contribution in [0, 0.1) is 11.7 Å². The highest BCUT2D eigenvalue weighted by Gasteiger charge is 2.08. The summed E-state index contributed by atoms with van der Waals surface area (Å²) >= 11 is 6.72. The van der Waals surface area contributed by atoms with Crippen molar-refractivity contribution in [3.8, 4) is 5.69 Å². The monoisotopic (exact) mass is 275 g/mol. The van der Waals surface area contributed by atoms with Crippen molar-refractivity contribution in [3.63, 3.8) is 0 Å². The van der Waals surface area contributed by atoms with Crippen LogP contribution < -0.4 is 5.56 Å². The van der Waals surface area contributed by atoms with E-state index in [-0.39, 0.29) is 5.56 Å². The number of fused-ring (bicyclic) bond motifs is 1. The topological polar surface area (TPSA) is 50.7 Å². The van der Waals surface area contributed by atoms with E-state index >= 15 is 0 Å². The van der Waals surface area contributed by atoms with E-state index in [4.69, 9.17) is 12.2 Å². The number of aromatic nitrogens is 3. The third-order valence-corrected chi connectivity index (χ3v) is 3.76. The van der Waals surface area contributed by atoms with Crippen LogP contribution in [0.2, 0.25) is 0 Å². The number of H-pyrrole nitrogens is 1. The zero-order valence-electron chi connectivity index (χ0n) is 9.51. The maximum atomic E-state index is 12.4. The van der Waals surface area contributed by atoms with Crippen molar-refractivity contribution in [1.29, 1.82) is 0 Å². The zero-order valence-corrected chi connectivity index (χ0v) is 11.1. The predicted molar refractivity (Wildman–Crippen MR) is 75.1 cm³/mol. The molecule has 0 aromatic carbocycles. The van der Waals surface area contributed by atoms with Crippen LogP contribution in [0.25, 0.3) is 15.9 Å². The lowest BCUT2D eigenvalue weighted by Gasteiger charge is -2.06. The highest BCUT2D eigenvalue weighted by molar-refractivity contribution is 7.71. The van der Waals surface area contributed by atoms with Crippen LogP contribution in [0.4, 0.5) is 0 Å². The van der Waals surface area contributed by atoms with Crippen LogP contribution in [0.3, 0.4) is 0 Å². The Hall–Kier alpha value is -1.79. The Balaban J connectivity index is 2.42. The number of hydrogen-bond donors (Lipinski definition) is 1. The van der Waals surface area contributed by atoms with Crippen LogP contribution in [-0.4, -0.2) is 14.5 Å². The van der Waals surface area contributed by atoms with Gasteiger partial charge in [0.2, 0.25) is 0 Å². The molecule has 6 heteroatoms. The van der Waals surface area contributed by atoms with E-state index in [0.29, 0.717) is 15.8 Å². The van der Waals surface area contributed by atoms with Gasteiger partial charge >= 0.3 is 0 Å². The molecule has 0 fully saturated rings. The van der Waals surface area contributed by atoms with Crippen molar-refractivity contribution in [2.45, 2.75) is 6.92 Å². The Morgan fingerprint density at radius 2 is 2.28 bits per heavy atom. The summed E-state index contributed by atoms with van der Waals surface area (Å²) in [7, 11) is 0. The summed E-state index contributed by atoms with van der Waals surface area (Å²) in [6.07, 6.45) is 3.38. The van der Waals surface area contributed by atoms with Gasteiger partial charge in [-0.05, 0) is 42.2 Å². The van der Waals surface area contributed by atoms with E-state index in [9.17, 15) is 4.79 Å². The van der Waals surface area contributed by atoms with E-state index in [1.54, 1.807) is 18.5 Å². The Morgan fingerprint density at radius 3 is 3.06 bits per heavy atom. The van der Waals surface area contributed by atoms with E-state index in [1.165, 1.54) is 15.9 Å². The molecule has 3 rings (SSSR count). The van der Waals surface area contributed by atoms with E-state index < -0.39 is 0 Å². The Labute approximate surface area is 112 Å². The van der Waals surface area contributed by atoms with Gasteiger partial charge in [0, 0.05) is 6.20 Å². The molecule has 3 aromatic heterocycles. The highest BCUT2D eigenvalue weighted by atomic mass is 32.1. The number of rotatable bonds is 1. The molecule has 1 N–H and O–H groups in total. The van der Waals surface area contributed by atoms with E-state index in [0.717, 1.165) is 10.4 Å². The van der Waals surface area contributed by atoms with Crippen molar-refractivity contribution in [3.05, 3.63) is 50.6 Å². The lowest BCUT2D eigenvalue weighted by molar-refractivity contribution is 0.931. The molecular formula is C12H9N3OS2. The number of nitrogens with zero attached hydrogens (tertiary/aromatic N) is 2. The lowest BCUT2D eigenvalue weighted by Crippen LogP contribution is -2.19. The molecule has 0 bridgehead atoms. The SMILES string of the molecule is Cc1cncc(-n2c(=S)[nH]c3sccc3c2=O)c1. The number of aryl methyl sites for hydroxylation is 1. The van der Waals surface area contributed by atoms with Gasteiger partial charge < -0.3 is 4.98 Å². The standard InChI is InChI=1S/C12H9N3OS2/c1-7-4-8(6-13-5-7)15-11(16)9-2-3-18-10(9)14-12(15)17/h2-6H,1H3,(H,14,17). The van der Waals surface area contributed by atoms with Gasteiger partial charge in [-0.25, -0.2) is 0 Å². The third kappa shape index (κ3) is 1.70. The molecular weight excluding hydrogens is 266 g/mol. The first-order valence-corrected chi connectivity index (χ1v) is 6.60. The van der Waals surface area contributed by atoms with Crippen molar-refractivity contribution < 1.29 is 0 Å². The Bertz CT molecular complexity index is 844. The molecule has 0 amide bonds. The van der Waals surface area contributed by atoms with Crippen LogP contribution >= 0.6 is 23.6 Å². The highest BCUT2D eigenvalue weighted by Crippen LogP contribution is 2.16. The van der Waals surface area contributed by atoms with Crippen molar-refractivity contribution in [2.75, 3.05) is 0 Å². The second kappa shape index (κ2) is 4.15. The molecule has 0 aliphatic heterocycles. The summed E-state index contributed by atoms with van der Waals surface area (Å²) in [5.41, 5.74) is 1.57. The first kappa shape index (κ1) is 11.3. The van der Waals surface area contributed by atoms with Gasteiger partial charge in [0.15, 0.2) is 4.77 Å². The molecule has 18 heavy (non-hydrogen) atoms. The molecule has 4 nitrogen and oxygen atoms in total. The van der Waals surface area contributed by atoms with Crippen LogP contribution in [0.15, 0.2) is 34.7 Å². The normalized spacial score (nSPS) is 10.9. The summed E-state index contributed by atoms with van der Waals surface area (Å²) < 4.78 is 1.87. The van der Waals surface area contributed by atoms with Crippen LogP contribution in [0.5, 0.6) is 0 Å². The van der Waals surface area contributed by atoms with E-state index in [1.807, 2.05) is 18.4 Å². The van der Waals surface area contributed by atoms with Gasteiger partial charge in [-0.3, -0.25) is 14.3 Å². The summed E-state index contributed by atoms with van der Waals surface area (Å²) in [5, 5.41) is 2.52. The minimum Gasteiger partial charge on any atom is -0.323 e. The van der Waals surface area contributed by atoms with Gasteiger partial charge in [-0.15, -0.1) is 11.3 Å². The Kier molecular flexibility index (Phi) is 2.61. The fourth-order valence-corrected chi connectivity index (χ4v) is 2.97. The molecule has 0 spiro atoms. The Morgan fingerprint density at radius 1 is 1.44 bits per heavy atom. The molecule has 90 valence electrons. The number of hydrogen-bond acceptors (Lipinski definition) is 4. The number of pyridine rings is 1. The number of thiophene rings is 1. The summed E-state index contributed by atoms with van der Waals surface area (Å²) in [4.78, 5) is 20.3. The van der Waals surface area contributed by atoms with Crippen molar-refractivity contribution in [2.24, 2.45) is 0 Å².